The Morgan fingerprint density at radius 3 is 1.82 bits per heavy atom. The lowest BCUT2D eigenvalue weighted by atomic mass is 9.98. The van der Waals surface area contributed by atoms with Crippen molar-refractivity contribution in [2.45, 2.75) is 103 Å². The van der Waals surface area contributed by atoms with Gasteiger partial charge in [0.25, 0.3) is 0 Å². The first-order valence-corrected chi connectivity index (χ1v) is 16.5. The van der Waals surface area contributed by atoms with Gasteiger partial charge in [-0.25, -0.2) is 13.2 Å². The maximum absolute atomic E-state index is 15.1. The lowest BCUT2D eigenvalue weighted by Crippen LogP contribution is -2.37. The van der Waals surface area contributed by atoms with E-state index in [4.69, 9.17) is 18.9 Å². The van der Waals surface area contributed by atoms with E-state index in [9.17, 15) is 13.2 Å². The second-order valence-corrected chi connectivity index (χ2v) is 11.7. The summed E-state index contributed by atoms with van der Waals surface area (Å²) >= 11 is 0. The summed E-state index contributed by atoms with van der Waals surface area (Å²) in [4.78, 5) is 0. The summed E-state index contributed by atoms with van der Waals surface area (Å²) in [5.74, 6) is -4.16. The number of hydrogen-bond donors (Lipinski definition) is 0. The summed E-state index contributed by atoms with van der Waals surface area (Å²) in [5.41, 5.74) is 1.02. The van der Waals surface area contributed by atoms with Gasteiger partial charge in [-0.05, 0) is 42.5 Å². The van der Waals surface area contributed by atoms with Crippen LogP contribution >= 0.6 is 0 Å². The molecule has 0 radical (unpaired) electrons. The number of rotatable bonds is 18. The van der Waals surface area contributed by atoms with Gasteiger partial charge in [-0.1, -0.05) is 102 Å². The highest BCUT2D eigenvalue weighted by Crippen LogP contribution is 2.33. The van der Waals surface area contributed by atoms with Gasteiger partial charge in [0.15, 0.2) is 29.5 Å². The molecular weight excluding hydrogens is 584 g/mol. The lowest BCUT2D eigenvalue weighted by molar-refractivity contribution is -0.230. The minimum Gasteiger partial charge on any atom is -0.490 e. The minimum atomic E-state index is -1.04. The summed E-state index contributed by atoms with van der Waals surface area (Å²) in [5, 5.41) is 0. The normalized spacial score (nSPS) is 16.7. The van der Waals surface area contributed by atoms with Gasteiger partial charge in [0.05, 0.1) is 26.4 Å². The van der Waals surface area contributed by atoms with Gasteiger partial charge in [0.1, 0.15) is 6.10 Å². The number of ether oxygens (including phenoxy) is 4. The third-order valence-corrected chi connectivity index (χ3v) is 8.18. The average Bonchev–Trinajstić information content (AvgIpc) is 3.06. The molecule has 4 rings (SSSR count). The highest BCUT2D eigenvalue weighted by atomic mass is 19.2. The Bertz CT molecular complexity index is 1320. The van der Waals surface area contributed by atoms with Crippen LogP contribution in [0, 0.1) is 23.3 Å². The molecule has 0 unspecified atom stereocenters. The SMILES string of the molecule is CCCCCCCCCOc1ccc(-c2ccc(-c3ccc(COC4COC(CCCCC)OC4)c(F)c3F)cc2)c(F)c1F. The standard InChI is InChI=1S/C37H46F4O4/c1-3-5-7-8-9-10-12-22-42-32-21-20-31(36(40)37(32)41)27-16-14-26(15-17-27)30-19-18-28(34(38)35(30)39)23-43-29-24-44-33(45-25-29)13-11-6-4-2/h14-21,29,33H,3-13,22-25H2,1-2H3. The maximum atomic E-state index is 15.1. The molecule has 1 saturated heterocycles. The molecule has 0 aliphatic carbocycles. The molecule has 1 heterocycles. The van der Waals surface area contributed by atoms with Crippen molar-refractivity contribution < 1.29 is 36.5 Å². The molecule has 3 aromatic carbocycles. The van der Waals surface area contributed by atoms with E-state index in [0.29, 0.717) is 30.9 Å². The van der Waals surface area contributed by atoms with Crippen molar-refractivity contribution in [3.8, 4) is 28.0 Å². The Balaban J connectivity index is 1.31. The van der Waals surface area contributed by atoms with Gasteiger partial charge < -0.3 is 18.9 Å². The minimum absolute atomic E-state index is 0.0582. The van der Waals surface area contributed by atoms with Crippen LogP contribution in [0.15, 0.2) is 48.5 Å². The first-order valence-electron chi connectivity index (χ1n) is 16.5. The van der Waals surface area contributed by atoms with Crippen LogP contribution in [0.1, 0.15) is 90.0 Å². The van der Waals surface area contributed by atoms with Crippen LogP contribution in [0.4, 0.5) is 17.6 Å². The van der Waals surface area contributed by atoms with Crippen LogP contribution in [-0.2, 0) is 20.8 Å². The molecule has 1 aliphatic heterocycles. The third kappa shape index (κ3) is 10.0. The number of hydrogen-bond acceptors (Lipinski definition) is 4. The molecule has 0 amide bonds. The Morgan fingerprint density at radius 2 is 1.18 bits per heavy atom. The van der Waals surface area contributed by atoms with Crippen molar-refractivity contribution in [3.63, 3.8) is 0 Å². The van der Waals surface area contributed by atoms with Crippen molar-refractivity contribution >= 4 is 0 Å². The number of benzene rings is 3. The number of unbranched alkanes of at least 4 members (excludes halogenated alkanes) is 8. The zero-order chi connectivity index (χ0) is 32.0. The zero-order valence-electron chi connectivity index (χ0n) is 26.5. The second kappa shape index (κ2) is 18.3. The van der Waals surface area contributed by atoms with E-state index in [1.165, 1.54) is 49.9 Å². The Morgan fingerprint density at radius 1 is 0.622 bits per heavy atom. The van der Waals surface area contributed by atoms with Crippen LogP contribution in [0.25, 0.3) is 22.3 Å². The summed E-state index contributed by atoms with van der Waals surface area (Å²) < 4.78 is 82.5. The molecule has 4 nitrogen and oxygen atoms in total. The van der Waals surface area contributed by atoms with Gasteiger partial charge in [-0.15, -0.1) is 0 Å². The van der Waals surface area contributed by atoms with Gasteiger partial charge in [-0.3, -0.25) is 0 Å². The molecule has 0 aromatic heterocycles. The quantitative estimate of drug-likeness (QED) is 0.104. The van der Waals surface area contributed by atoms with E-state index in [1.54, 1.807) is 24.3 Å². The number of halogens is 4. The molecule has 3 aromatic rings. The van der Waals surface area contributed by atoms with E-state index in [-0.39, 0.29) is 41.4 Å². The van der Waals surface area contributed by atoms with Crippen LogP contribution in [-0.4, -0.2) is 32.2 Å². The Labute approximate surface area is 265 Å². The van der Waals surface area contributed by atoms with E-state index in [1.807, 2.05) is 0 Å². The first kappa shape index (κ1) is 34.9. The largest absolute Gasteiger partial charge is 0.490 e. The van der Waals surface area contributed by atoms with Gasteiger partial charge in [-0.2, -0.15) is 4.39 Å². The van der Waals surface area contributed by atoms with Crippen LogP contribution < -0.4 is 4.74 Å². The molecule has 45 heavy (non-hydrogen) atoms. The molecular formula is C37H46F4O4. The van der Waals surface area contributed by atoms with Gasteiger partial charge >= 0.3 is 0 Å². The van der Waals surface area contributed by atoms with Crippen molar-refractivity contribution in [3.05, 3.63) is 77.4 Å². The molecule has 0 saturated carbocycles. The van der Waals surface area contributed by atoms with Crippen molar-refractivity contribution in [1.29, 1.82) is 0 Å². The first-order chi connectivity index (χ1) is 21.9. The highest BCUT2D eigenvalue weighted by molar-refractivity contribution is 5.71. The summed E-state index contributed by atoms with van der Waals surface area (Å²) in [6, 6.07) is 12.1. The van der Waals surface area contributed by atoms with Crippen LogP contribution in [0.2, 0.25) is 0 Å². The Kier molecular flexibility index (Phi) is 14.2. The monoisotopic (exact) mass is 630 g/mol. The summed E-state index contributed by atoms with van der Waals surface area (Å²) in [6.45, 7) is 5.20. The van der Waals surface area contributed by atoms with Gasteiger partial charge in [0.2, 0.25) is 5.82 Å². The molecule has 1 fully saturated rings. The topological polar surface area (TPSA) is 36.9 Å². The van der Waals surface area contributed by atoms with Crippen molar-refractivity contribution in [2.24, 2.45) is 0 Å². The predicted octanol–water partition coefficient (Wildman–Crippen LogP) is 10.5. The van der Waals surface area contributed by atoms with Gasteiger partial charge in [0, 0.05) is 16.7 Å². The smallest absolute Gasteiger partial charge is 0.201 e. The van der Waals surface area contributed by atoms with E-state index in [2.05, 4.69) is 13.8 Å². The van der Waals surface area contributed by atoms with E-state index in [0.717, 1.165) is 44.9 Å². The molecule has 0 bridgehead atoms. The van der Waals surface area contributed by atoms with Crippen molar-refractivity contribution in [2.75, 3.05) is 19.8 Å². The second-order valence-electron chi connectivity index (χ2n) is 11.7. The highest BCUT2D eigenvalue weighted by Gasteiger charge is 2.24. The van der Waals surface area contributed by atoms with E-state index >= 15 is 4.39 Å². The maximum Gasteiger partial charge on any atom is 0.201 e. The fourth-order valence-corrected chi connectivity index (χ4v) is 5.42. The molecule has 246 valence electrons. The summed E-state index contributed by atoms with van der Waals surface area (Å²) in [6.07, 6.45) is 11.2. The molecule has 8 heteroatoms. The molecule has 0 atom stereocenters. The fourth-order valence-electron chi connectivity index (χ4n) is 5.42. The molecule has 1 aliphatic rings. The molecule has 0 spiro atoms. The summed E-state index contributed by atoms with van der Waals surface area (Å²) in [7, 11) is 0. The fraction of sp³-hybridized carbons (Fsp3) is 0.514. The Hall–Kier alpha value is -2.94. The van der Waals surface area contributed by atoms with E-state index < -0.39 is 23.3 Å². The van der Waals surface area contributed by atoms with Crippen LogP contribution in [0.3, 0.4) is 0 Å². The lowest BCUT2D eigenvalue weighted by Gasteiger charge is -2.29. The molecule has 0 N–H and O–H groups in total. The zero-order valence-corrected chi connectivity index (χ0v) is 26.5. The van der Waals surface area contributed by atoms with Crippen LogP contribution in [0.5, 0.6) is 5.75 Å². The predicted molar refractivity (Wildman–Crippen MR) is 169 cm³/mol. The third-order valence-electron chi connectivity index (χ3n) is 8.18. The average molecular weight is 631 g/mol. The van der Waals surface area contributed by atoms with Crippen molar-refractivity contribution in [1.82, 2.24) is 0 Å².